The Morgan fingerprint density at radius 1 is 1.17 bits per heavy atom. The van der Waals surface area contributed by atoms with Crippen molar-refractivity contribution in [2.45, 2.75) is 25.3 Å². The van der Waals surface area contributed by atoms with Crippen molar-refractivity contribution in [2.24, 2.45) is 0 Å². The Balaban J connectivity index is 2.00. The van der Waals surface area contributed by atoms with Crippen molar-refractivity contribution in [1.82, 2.24) is 9.88 Å². The number of ether oxygens (including phenoxy) is 1. The molecule has 0 saturated carbocycles. The number of carbonyl (C=O) groups excluding carboxylic acids is 1. The van der Waals surface area contributed by atoms with E-state index in [1.165, 1.54) is 20.1 Å². The topological polar surface area (TPSA) is 111 Å². The number of carbonyl (C=O) groups is 1. The summed E-state index contributed by atoms with van der Waals surface area (Å²) in [5.41, 5.74) is 2.37. The van der Waals surface area contributed by atoms with E-state index in [0.29, 0.717) is 16.8 Å². The molecule has 1 heterocycles. The Labute approximate surface area is 168 Å². The number of nitrogens with one attached hydrogen (secondary N) is 2. The first-order chi connectivity index (χ1) is 13.8. The number of sulfonamides is 1. The lowest BCUT2D eigenvalue weighted by molar-refractivity contribution is -0.114. The van der Waals surface area contributed by atoms with Gasteiger partial charge in [0.05, 0.1) is 18.4 Å². The highest BCUT2D eigenvalue weighted by Crippen LogP contribution is 2.35. The van der Waals surface area contributed by atoms with Crippen molar-refractivity contribution in [3.05, 3.63) is 59.8 Å². The van der Waals surface area contributed by atoms with Gasteiger partial charge in [-0.05, 0) is 30.2 Å². The standard InChI is InChI=1S/C20H21N3O5S/c1-13-19(20(28-23-13)22-14(2)24)16-9-10-17(27-3)18(11-16)29(25,26)21-12-15-7-5-4-6-8-15/h4-11,21H,12H2,1-3H3,(H,22,24). The van der Waals surface area contributed by atoms with Crippen molar-refractivity contribution in [3.8, 4) is 16.9 Å². The zero-order valence-corrected chi connectivity index (χ0v) is 17.0. The molecule has 1 aromatic heterocycles. The Hall–Kier alpha value is -3.17. The number of hydrogen-bond donors (Lipinski definition) is 2. The van der Waals surface area contributed by atoms with Gasteiger partial charge in [0.1, 0.15) is 10.6 Å². The first-order valence-corrected chi connectivity index (χ1v) is 10.3. The van der Waals surface area contributed by atoms with Crippen molar-refractivity contribution in [3.63, 3.8) is 0 Å². The summed E-state index contributed by atoms with van der Waals surface area (Å²) >= 11 is 0. The van der Waals surface area contributed by atoms with E-state index in [1.54, 1.807) is 19.1 Å². The Kier molecular flexibility index (Phi) is 6.00. The Morgan fingerprint density at radius 3 is 2.55 bits per heavy atom. The van der Waals surface area contributed by atoms with Crippen molar-refractivity contribution < 1.29 is 22.5 Å². The summed E-state index contributed by atoms with van der Waals surface area (Å²) in [5.74, 6) is 0.0264. The molecule has 0 radical (unpaired) electrons. The van der Waals surface area contributed by atoms with Gasteiger partial charge < -0.3 is 9.26 Å². The van der Waals surface area contributed by atoms with Gasteiger partial charge in [0, 0.05) is 13.5 Å². The minimum absolute atomic E-state index is 0.0252. The van der Waals surface area contributed by atoms with Crippen molar-refractivity contribution in [1.29, 1.82) is 0 Å². The summed E-state index contributed by atoms with van der Waals surface area (Å²) in [4.78, 5) is 11.4. The number of anilines is 1. The van der Waals surface area contributed by atoms with Gasteiger partial charge in [-0.1, -0.05) is 41.6 Å². The van der Waals surface area contributed by atoms with Gasteiger partial charge in [-0.3, -0.25) is 10.1 Å². The lowest BCUT2D eigenvalue weighted by Crippen LogP contribution is -2.23. The average molecular weight is 415 g/mol. The van der Waals surface area contributed by atoms with Gasteiger partial charge in [0.15, 0.2) is 0 Å². The maximum absolute atomic E-state index is 13.0. The van der Waals surface area contributed by atoms with Crippen LogP contribution in [0.15, 0.2) is 57.9 Å². The molecular weight excluding hydrogens is 394 g/mol. The number of benzene rings is 2. The molecule has 0 aliphatic carbocycles. The molecule has 0 aliphatic rings. The van der Waals surface area contributed by atoms with Gasteiger partial charge in [-0.15, -0.1) is 0 Å². The van der Waals surface area contributed by atoms with Crippen LogP contribution in [0.25, 0.3) is 11.1 Å². The summed E-state index contributed by atoms with van der Waals surface area (Å²) in [6, 6.07) is 13.9. The maximum atomic E-state index is 13.0. The second-order valence-corrected chi connectivity index (χ2v) is 8.06. The van der Waals surface area contributed by atoms with Crippen LogP contribution in [-0.4, -0.2) is 26.6 Å². The van der Waals surface area contributed by atoms with Crippen LogP contribution in [0.3, 0.4) is 0 Å². The highest BCUT2D eigenvalue weighted by Gasteiger charge is 2.23. The zero-order chi connectivity index (χ0) is 21.0. The minimum Gasteiger partial charge on any atom is -0.495 e. The molecule has 0 aliphatic heterocycles. The van der Waals surface area contributed by atoms with Gasteiger partial charge in [-0.25, -0.2) is 13.1 Å². The summed E-state index contributed by atoms with van der Waals surface area (Å²) in [6.45, 7) is 3.19. The highest BCUT2D eigenvalue weighted by molar-refractivity contribution is 7.89. The number of nitrogens with zero attached hydrogens (tertiary/aromatic N) is 1. The van der Waals surface area contributed by atoms with Crippen LogP contribution in [0.4, 0.5) is 5.88 Å². The molecule has 0 fully saturated rings. The molecule has 1 amide bonds. The zero-order valence-electron chi connectivity index (χ0n) is 16.2. The van der Waals surface area contributed by atoms with Gasteiger partial charge in [0.2, 0.25) is 21.8 Å². The first kappa shape index (κ1) is 20.6. The fourth-order valence-electron chi connectivity index (χ4n) is 2.85. The molecule has 0 bridgehead atoms. The minimum atomic E-state index is -3.88. The summed E-state index contributed by atoms with van der Waals surface area (Å²) in [7, 11) is -2.48. The summed E-state index contributed by atoms with van der Waals surface area (Å²) in [5, 5.41) is 6.43. The van der Waals surface area contributed by atoms with Crippen LogP contribution in [0, 0.1) is 6.92 Å². The Morgan fingerprint density at radius 2 is 1.90 bits per heavy atom. The number of hydrogen-bond acceptors (Lipinski definition) is 6. The van der Waals surface area contributed by atoms with Crippen LogP contribution in [0.1, 0.15) is 18.2 Å². The molecule has 0 spiro atoms. The second kappa shape index (κ2) is 8.46. The number of methoxy groups -OCH3 is 1. The number of aromatic nitrogens is 1. The third kappa shape index (κ3) is 4.64. The molecule has 9 heteroatoms. The molecule has 3 aromatic rings. The average Bonchev–Trinajstić information content (AvgIpc) is 3.06. The molecule has 2 N–H and O–H groups in total. The fraction of sp³-hybridized carbons (Fsp3) is 0.200. The van der Waals surface area contributed by atoms with Crippen LogP contribution in [0.5, 0.6) is 5.75 Å². The fourth-order valence-corrected chi connectivity index (χ4v) is 4.06. The predicted octanol–water partition coefficient (Wildman–Crippen LogP) is 3.10. The lowest BCUT2D eigenvalue weighted by Gasteiger charge is -2.13. The molecule has 0 saturated heterocycles. The molecule has 0 atom stereocenters. The van der Waals surface area contributed by atoms with Gasteiger partial charge in [0.25, 0.3) is 0 Å². The number of rotatable bonds is 7. The quantitative estimate of drug-likeness (QED) is 0.613. The monoisotopic (exact) mass is 415 g/mol. The highest BCUT2D eigenvalue weighted by atomic mass is 32.2. The van der Waals surface area contributed by atoms with E-state index in [2.05, 4.69) is 15.2 Å². The van der Waals surface area contributed by atoms with Crippen molar-refractivity contribution in [2.75, 3.05) is 12.4 Å². The summed E-state index contributed by atoms with van der Waals surface area (Å²) in [6.07, 6.45) is 0. The molecule has 8 nitrogen and oxygen atoms in total. The van der Waals surface area contributed by atoms with E-state index >= 15 is 0 Å². The van der Waals surface area contributed by atoms with E-state index in [0.717, 1.165) is 5.56 Å². The van der Waals surface area contributed by atoms with Crippen molar-refractivity contribution >= 4 is 21.8 Å². The first-order valence-electron chi connectivity index (χ1n) is 8.77. The smallest absolute Gasteiger partial charge is 0.244 e. The molecule has 2 aromatic carbocycles. The summed E-state index contributed by atoms with van der Waals surface area (Å²) < 4.78 is 38.9. The van der Waals surface area contributed by atoms with Crippen LogP contribution in [-0.2, 0) is 21.4 Å². The molecule has 152 valence electrons. The van der Waals surface area contributed by atoms with Gasteiger partial charge in [-0.2, -0.15) is 0 Å². The maximum Gasteiger partial charge on any atom is 0.244 e. The van der Waals surface area contributed by atoms with Crippen LogP contribution < -0.4 is 14.8 Å². The van der Waals surface area contributed by atoms with Crippen LogP contribution in [0.2, 0.25) is 0 Å². The largest absolute Gasteiger partial charge is 0.495 e. The SMILES string of the molecule is COc1ccc(-c2c(C)noc2NC(C)=O)cc1S(=O)(=O)NCc1ccccc1. The van der Waals surface area contributed by atoms with Crippen LogP contribution >= 0.6 is 0 Å². The third-order valence-electron chi connectivity index (χ3n) is 4.20. The van der Waals surface area contributed by atoms with Gasteiger partial charge >= 0.3 is 0 Å². The molecule has 29 heavy (non-hydrogen) atoms. The molecule has 0 unspecified atom stereocenters. The number of amides is 1. The molecular formula is C20H21N3O5S. The predicted molar refractivity (Wildman–Crippen MR) is 108 cm³/mol. The number of aryl methyl sites for hydroxylation is 1. The van der Waals surface area contributed by atoms with E-state index in [-0.39, 0.29) is 29.0 Å². The third-order valence-corrected chi connectivity index (χ3v) is 5.63. The Bertz CT molecular complexity index is 1120. The van der Waals surface area contributed by atoms with E-state index < -0.39 is 10.0 Å². The van der Waals surface area contributed by atoms with E-state index in [1.807, 2.05) is 30.3 Å². The lowest BCUT2D eigenvalue weighted by atomic mass is 10.1. The normalized spacial score (nSPS) is 11.3. The van der Waals surface area contributed by atoms with E-state index in [9.17, 15) is 13.2 Å². The van der Waals surface area contributed by atoms with E-state index in [4.69, 9.17) is 9.26 Å². The second-order valence-electron chi connectivity index (χ2n) is 6.33. The molecule has 3 rings (SSSR count).